The topological polar surface area (TPSA) is 86.4 Å². The number of thioether (sulfide) groups is 1. The molecule has 0 unspecified atom stereocenters. The fourth-order valence-electron chi connectivity index (χ4n) is 2.28. The number of benzene rings is 1. The summed E-state index contributed by atoms with van der Waals surface area (Å²) in [4.78, 5) is 24.2. The Morgan fingerprint density at radius 1 is 1.21 bits per heavy atom. The molecule has 1 N–H and O–H groups in total. The molecule has 0 saturated carbocycles. The number of hydrogen-bond donors (Lipinski definition) is 1. The average Bonchev–Trinajstić information content (AvgIpc) is 3.33. The van der Waals surface area contributed by atoms with E-state index in [1.807, 2.05) is 0 Å². The van der Waals surface area contributed by atoms with Crippen LogP contribution in [-0.2, 0) is 16.1 Å². The molecule has 10 heteroatoms. The third-order valence-corrected chi connectivity index (χ3v) is 4.24. The lowest BCUT2D eigenvalue weighted by atomic mass is 10.3. The molecule has 1 amide bonds. The van der Waals surface area contributed by atoms with E-state index in [0.717, 1.165) is 0 Å². The SMILES string of the molecule is O=C(COC(=O)c1ccc(Cn2cccn2)o1)Nc1ccccc1SC(F)F. The maximum atomic E-state index is 12.6. The predicted molar refractivity (Wildman–Crippen MR) is 97.3 cm³/mol. The van der Waals surface area contributed by atoms with Crippen LogP contribution in [-0.4, -0.2) is 34.0 Å². The van der Waals surface area contributed by atoms with Gasteiger partial charge in [-0.1, -0.05) is 23.9 Å². The van der Waals surface area contributed by atoms with E-state index in [2.05, 4.69) is 10.4 Å². The van der Waals surface area contributed by atoms with Crippen LogP contribution >= 0.6 is 11.8 Å². The number of rotatable bonds is 8. The van der Waals surface area contributed by atoms with E-state index < -0.39 is 24.2 Å². The van der Waals surface area contributed by atoms with Gasteiger partial charge in [-0.3, -0.25) is 9.48 Å². The third kappa shape index (κ3) is 5.43. The number of furan rings is 1. The van der Waals surface area contributed by atoms with Gasteiger partial charge in [0, 0.05) is 17.3 Å². The number of amides is 1. The van der Waals surface area contributed by atoms with E-state index in [-0.39, 0.29) is 16.3 Å². The molecule has 3 aromatic rings. The van der Waals surface area contributed by atoms with Crippen molar-refractivity contribution in [3.63, 3.8) is 0 Å². The average molecular weight is 407 g/mol. The van der Waals surface area contributed by atoms with Gasteiger partial charge in [0.25, 0.3) is 11.7 Å². The summed E-state index contributed by atoms with van der Waals surface area (Å²) >= 11 is 0.314. The van der Waals surface area contributed by atoms with Crippen LogP contribution in [0.1, 0.15) is 16.3 Å². The van der Waals surface area contributed by atoms with Crippen LogP contribution < -0.4 is 5.32 Å². The first-order valence-corrected chi connectivity index (χ1v) is 8.96. The first-order valence-electron chi connectivity index (χ1n) is 8.08. The smallest absolute Gasteiger partial charge is 0.374 e. The summed E-state index contributed by atoms with van der Waals surface area (Å²) in [7, 11) is 0. The van der Waals surface area contributed by atoms with Gasteiger partial charge in [0.2, 0.25) is 5.76 Å². The summed E-state index contributed by atoms with van der Waals surface area (Å²) in [5.74, 6) is -3.64. The molecule has 3 rings (SSSR count). The number of anilines is 1. The van der Waals surface area contributed by atoms with Gasteiger partial charge in [0.15, 0.2) is 6.61 Å². The van der Waals surface area contributed by atoms with Crippen molar-refractivity contribution in [3.8, 4) is 0 Å². The molecular formula is C18H15F2N3O4S. The zero-order valence-corrected chi connectivity index (χ0v) is 15.2. The zero-order valence-electron chi connectivity index (χ0n) is 14.4. The van der Waals surface area contributed by atoms with Crippen LogP contribution in [0, 0.1) is 0 Å². The minimum Gasteiger partial charge on any atom is -0.452 e. The standard InChI is InChI=1S/C18H15F2N3O4S/c19-18(20)28-15-5-2-1-4-13(15)22-16(24)11-26-17(25)14-7-6-12(27-14)10-23-9-3-8-21-23/h1-9,18H,10-11H2,(H,22,24). The number of hydrogen-bond acceptors (Lipinski definition) is 6. The maximum Gasteiger partial charge on any atom is 0.374 e. The van der Waals surface area contributed by atoms with Gasteiger partial charge >= 0.3 is 5.97 Å². The Balaban J connectivity index is 1.52. The summed E-state index contributed by atoms with van der Waals surface area (Å²) < 4.78 is 37.0. The molecule has 28 heavy (non-hydrogen) atoms. The van der Waals surface area contributed by atoms with Crippen molar-refractivity contribution in [2.75, 3.05) is 11.9 Å². The lowest BCUT2D eigenvalue weighted by Gasteiger charge is -2.10. The van der Waals surface area contributed by atoms with Crippen molar-refractivity contribution >= 4 is 29.3 Å². The van der Waals surface area contributed by atoms with E-state index in [4.69, 9.17) is 9.15 Å². The Labute approximate surface area is 162 Å². The van der Waals surface area contributed by atoms with Crippen molar-refractivity contribution in [3.05, 3.63) is 66.4 Å². The number of nitrogens with zero attached hydrogens (tertiary/aromatic N) is 2. The van der Waals surface area contributed by atoms with Crippen molar-refractivity contribution in [1.82, 2.24) is 9.78 Å². The summed E-state index contributed by atoms with van der Waals surface area (Å²) in [6, 6.07) is 10.9. The number of ether oxygens (including phenoxy) is 1. The summed E-state index contributed by atoms with van der Waals surface area (Å²) in [6.45, 7) is -0.235. The lowest BCUT2D eigenvalue weighted by Crippen LogP contribution is -2.21. The number of esters is 1. The van der Waals surface area contributed by atoms with E-state index in [1.54, 1.807) is 41.3 Å². The minimum atomic E-state index is -2.62. The number of para-hydroxylation sites is 1. The Morgan fingerprint density at radius 2 is 2.04 bits per heavy atom. The molecule has 0 aliphatic carbocycles. The summed E-state index contributed by atoms with van der Waals surface area (Å²) in [6.07, 6.45) is 3.36. The van der Waals surface area contributed by atoms with Crippen LogP contribution in [0.3, 0.4) is 0 Å². The maximum absolute atomic E-state index is 12.6. The highest BCUT2D eigenvalue weighted by atomic mass is 32.2. The monoisotopic (exact) mass is 407 g/mol. The van der Waals surface area contributed by atoms with Gasteiger partial charge in [0.05, 0.1) is 12.2 Å². The first kappa shape index (κ1) is 19.6. The van der Waals surface area contributed by atoms with Crippen molar-refractivity contribution < 1.29 is 27.5 Å². The summed E-state index contributed by atoms with van der Waals surface area (Å²) in [5, 5.41) is 6.47. The zero-order chi connectivity index (χ0) is 19.9. The molecule has 0 fully saturated rings. The largest absolute Gasteiger partial charge is 0.452 e. The third-order valence-electron chi connectivity index (χ3n) is 3.45. The van der Waals surface area contributed by atoms with Gasteiger partial charge in [-0.05, 0) is 30.3 Å². The predicted octanol–water partition coefficient (Wildman–Crippen LogP) is 3.63. The fourth-order valence-corrected chi connectivity index (χ4v) is 2.88. The van der Waals surface area contributed by atoms with Crippen LogP contribution in [0.25, 0.3) is 0 Å². The molecule has 1 aromatic carbocycles. The quantitative estimate of drug-likeness (QED) is 0.453. The highest BCUT2D eigenvalue weighted by molar-refractivity contribution is 7.99. The van der Waals surface area contributed by atoms with E-state index >= 15 is 0 Å². The normalized spacial score (nSPS) is 10.8. The highest BCUT2D eigenvalue weighted by Gasteiger charge is 2.16. The molecule has 2 heterocycles. The lowest BCUT2D eigenvalue weighted by molar-refractivity contribution is -0.119. The molecule has 0 aliphatic heterocycles. The van der Waals surface area contributed by atoms with Gasteiger partial charge in [0.1, 0.15) is 5.76 Å². The Morgan fingerprint density at radius 3 is 2.79 bits per heavy atom. The van der Waals surface area contributed by atoms with E-state index in [1.165, 1.54) is 18.2 Å². The Hall–Kier alpha value is -3.14. The molecule has 0 spiro atoms. The number of carbonyl (C=O) groups excluding carboxylic acids is 2. The van der Waals surface area contributed by atoms with Crippen LogP contribution in [0.2, 0.25) is 0 Å². The Kier molecular flexibility index (Phi) is 6.43. The van der Waals surface area contributed by atoms with Gasteiger partial charge in [-0.25, -0.2) is 4.79 Å². The second-order valence-electron chi connectivity index (χ2n) is 5.47. The molecule has 0 saturated heterocycles. The number of nitrogens with one attached hydrogen (secondary N) is 1. The second kappa shape index (κ2) is 9.18. The van der Waals surface area contributed by atoms with Gasteiger partial charge in [-0.2, -0.15) is 13.9 Å². The van der Waals surface area contributed by atoms with Crippen molar-refractivity contribution in [2.45, 2.75) is 17.2 Å². The molecule has 7 nitrogen and oxygen atoms in total. The molecule has 0 atom stereocenters. The molecule has 0 radical (unpaired) electrons. The number of alkyl halides is 2. The van der Waals surface area contributed by atoms with Gasteiger partial charge in [-0.15, -0.1) is 0 Å². The number of carbonyl (C=O) groups is 2. The van der Waals surface area contributed by atoms with E-state index in [0.29, 0.717) is 24.1 Å². The number of halogens is 2. The molecular weight excluding hydrogens is 392 g/mol. The highest BCUT2D eigenvalue weighted by Crippen LogP contribution is 2.31. The van der Waals surface area contributed by atoms with Crippen molar-refractivity contribution in [2.24, 2.45) is 0 Å². The molecule has 0 aliphatic rings. The fraction of sp³-hybridized carbons (Fsp3) is 0.167. The van der Waals surface area contributed by atoms with Gasteiger partial charge < -0.3 is 14.5 Å². The van der Waals surface area contributed by atoms with Crippen molar-refractivity contribution in [1.29, 1.82) is 0 Å². The summed E-state index contributed by atoms with van der Waals surface area (Å²) in [5.41, 5.74) is 0.216. The van der Waals surface area contributed by atoms with Crippen LogP contribution in [0.5, 0.6) is 0 Å². The molecule has 0 bridgehead atoms. The number of aromatic nitrogens is 2. The minimum absolute atomic E-state index is 0.0522. The first-order chi connectivity index (χ1) is 13.5. The van der Waals surface area contributed by atoms with Crippen LogP contribution in [0.15, 0.2) is 64.2 Å². The molecule has 146 valence electrons. The van der Waals surface area contributed by atoms with Crippen LogP contribution in [0.4, 0.5) is 14.5 Å². The molecule has 2 aromatic heterocycles. The second-order valence-corrected chi connectivity index (χ2v) is 6.50. The Bertz CT molecular complexity index is 944. The van der Waals surface area contributed by atoms with E-state index in [9.17, 15) is 18.4 Å².